The lowest BCUT2D eigenvalue weighted by molar-refractivity contribution is -0.135. The molecule has 122 valence electrons. The first kappa shape index (κ1) is 16.0. The average molecular weight is 320 g/mol. The third-order valence-electron chi connectivity index (χ3n) is 4.12. The number of likely N-dealkylation sites (N-methyl/N-ethyl adjacent to an activating group) is 1. The highest BCUT2D eigenvalue weighted by atomic mass is 16.2. The molecule has 0 fully saturated rings. The van der Waals surface area contributed by atoms with E-state index in [1.807, 2.05) is 57.2 Å². The fourth-order valence-electron chi connectivity index (χ4n) is 2.94. The molecule has 0 saturated heterocycles. The molecule has 1 N–H and O–H groups in total. The molecule has 2 aromatic carbocycles. The van der Waals surface area contributed by atoms with Crippen LogP contribution >= 0.6 is 0 Å². The molecule has 2 aromatic rings. The minimum atomic E-state index is -0.310. The van der Waals surface area contributed by atoms with Crippen molar-refractivity contribution in [2.75, 3.05) is 12.4 Å². The minimum absolute atomic E-state index is 0.282. The van der Waals surface area contributed by atoms with Gasteiger partial charge in [-0.3, -0.25) is 14.5 Å². The summed E-state index contributed by atoms with van der Waals surface area (Å²) in [6, 6.07) is 13.6. The quantitative estimate of drug-likeness (QED) is 0.882. The number of nitrogens with zero attached hydrogens (tertiary/aromatic N) is 1. The number of carbonyl (C=O) groups excluding carboxylic acids is 2. The number of nitrogens with one attached hydrogen (secondary N) is 1. The van der Waals surface area contributed by atoms with Crippen molar-refractivity contribution in [2.45, 2.75) is 20.8 Å². The number of imide groups is 1. The fraction of sp³-hybridized carbons (Fsp3) is 0.200. The van der Waals surface area contributed by atoms with Crippen LogP contribution in [0.25, 0.3) is 5.57 Å². The number of anilines is 1. The second-order valence-corrected chi connectivity index (χ2v) is 6.29. The van der Waals surface area contributed by atoms with Gasteiger partial charge in [0.25, 0.3) is 11.8 Å². The maximum atomic E-state index is 12.5. The Morgan fingerprint density at radius 3 is 1.96 bits per heavy atom. The number of aryl methyl sites for hydroxylation is 3. The van der Waals surface area contributed by atoms with E-state index in [1.54, 1.807) is 0 Å². The predicted molar refractivity (Wildman–Crippen MR) is 95.4 cm³/mol. The summed E-state index contributed by atoms with van der Waals surface area (Å²) in [6.45, 7) is 5.99. The summed E-state index contributed by atoms with van der Waals surface area (Å²) in [5, 5.41) is 3.16. The Kier molecular flexibility index (Phi) is 3.97. The van der Waals surface area contributed by atoms with Crippen molar-refractivity contribution < 1.29 is 9.59 Å². The van der Waals surface area contributed by atoms with Gasteiger partial charge in [-0.05, 0) is 49.6 Å². The van der Waals surface area contributed by atoms with Crippen LogP contribution in [0.3, 0.4) is 0 Å². The number of benzene rings is 2. The molecule has 0 spiro atoms. The van der Waals surface area contributed by atoms with Gasteiger partial charge in [0.2, 0.25) is 0 Å². The molecule has 4 nitrogen and oxygen atoms in total. The second-order valence-electron chi connectivity index (χ2n) is 6.29. The molecule has 24 heavy (non-hydrogen) atoms. The highest BCUT2D eigenvalue weighted by Crippen LogP contribution is 2.30. The van der Waals surface area contributed by atoms with Crippen molar-refractivity contribution in [3.63, 3.8) is 0 Å². The molecule has 0 unspecified atom stereocenters. The summed E-state index contributed by atoms with van der Waals surface area (Å²) in [4.78, 5) is 26.2. The number of rotatable bonds is 3. The van der Waals surface area contributed by atoms with E-state index < -0.39 is 0 Å². The topological polar surface area (TPSA) is 49.4 Å². The van der Waals surface area contributed by atoms with Crippen LogP contribution in [0.5, 0.6) is 0 Å². The van der Waals surface area contributed by atoms with E-state index in [9.17, 15) is 9.59 Å². The first-order valence-corrected chi connectivity index (χ1v) is 7.86. The molecule has 2 amide bonds. The summed E-state index contributed by atoms with van der Waals surface area (Å²) >= 11 is 0. The van der Waals surface area contributed by atoms with Gasteiger partial charge in [-0.25, -0.2) is 0 Å². The Morgan fingerprint density at radius 1 is 0.792 bits per heavy atom. The molecule has 0 radical (unpaired) electrons. The minimum Gasteiger partial charge on any atom is -0.350 e. The zero-order valence-corrected chi connectivity index (χ0v) is 14.3. The van der Waals surface area contributed by atoms with Crippen molar-refractivity contribution in [1.29, 1.82) is 0 Å². The van der Waals surface area contributed by atoms with E-state index in [-0.39, 0.29) is 11.8 Å². The van der Waals surface area contributed by atoms with Crippen molar-refractivity contribution >= 4 is 23.1 Å². The summed E-state index contributed by atoms with van der Waals surface area (Å²) in [7, 11) is 1.51. The zero-order chi connectivity index (χ0) is 17.4. The zero-order valence-electron chi connectivity index (χ0n) is 14.3. The fourth-order valence-corrected chi connectivity index (χ4v) is 2.94. The van der Waals surface area contributed by atoms with Gasteiger partial charge < -0.3 is 5.32 Å². The lowest BCUT2D eigenvalue weighted by Crippen LogP contribution is -2.27. The van der Waals surface area contributed by atoms with Crippen LogP contribution in [0, 0.1) is 20.8 Å². The molecule has 0 saturated carbocycles. The largest absolute Gasteiger partial charge is 0.350 e. The Labute approximate surface area is 141 Å². The maximum Gasteiger partial charge on any atom is 0.277 e. The van der Waals surface area contributed by atoms with Crippen LogP contribution in [0.1, 0.15) is 22.3 Å². The van der Waals surface area contributed by atoms with Gasteiger partial charge in [0.15, 0.2) is 0 Å². The molecule has 4 heteroatoms. The van der Waals surface area contributed by atoms with Crippen LogP contribution < -0.4 is 5.32 Å². The first-order chi connectivity index (χ1) is 11.4. The van der Waals surface area contributed by atoms with E-state index in [0.717, 1.165) is 32.8 Å². The number of hydrogen-bond donors (Lipinski definition) is 1. The van der Waals surface area contributed by atoms with Crippen LogP contribution in [0.4, 0.5) is 5.69 Å². The van der Waals surface area contributed by atoms with E-state index in [4.69, 9.17) is 0 Å². The van der Waals surface area contributed by atoms with Gasteiger partial charge in [-0.2, -0.15) is 0 Å². The van der Waals surface area contributed by atoms with E-state index in [2.05, 4.69) is 11.4 Å². The standard InChI is InChI=1S/C20H20N2O2/c1-12-5-7-15(8-6-12)17-18(20(24)22(4)19(17)23)21-16-10-13(2)9-14(3)11-16/h5-11,21H,1-4H3. The van der Waals surface area contributed by atoms with Crippen molar-refractivity contribution in [3.05, 3.63) is 70.4 Å². The van der Waals surface area contributed by atoms with Gasteiger partial charge in [0, 0.05) is 12.7 Å². The Bertz CT molecular complexity index is 843. The van der Waals surface area contributed by atoms with E-state index >= 15 is 0 Å². The van der Waals surface area contributed by atoms with Crippen LogP contribution in [0.2, 0.25) is 0 Å². The van der Waals surface area contributed by atoms with Gasteiger partial charge in [0.05, 0.1) is 5.57 Å². The molecule has 0 aliphatic carbocycles. The van der Waals surface area contributed by atoms with Crippen molar-refractivity contribution in [2.24, 2.45) is 0 Å². The lowest BCUT2D eigenvalue weighted by Gasteiger charge is -2.10. The van der Waals surface area contributed by atoms with E-state index in [0.29, 0.717) is 11.3 Å². The molecule has 0 bridgehead atoms. The normalized spacial score (nSPS) is 14.6. The van der Waals surface area contributed by atoms with Crippen LogP contribution in [-0.4, -0.2) is 23.8 Å². The summed E-state index contributed by atoms with van der Waals surface area (Å²) in [5.41, 5.74) is 5.60. The first-order valence-electron chi connectivity index (χ1n) is 7.86. The third-order valence-corrected chi connectivity index (χ3v) is 4.12. The molecular weight excluding hydrogens is 300 g/mol. The highest BCUT2D eigenvalue weighted by Gasteiger charge is 2.36. The third kappa shape index (κ3) is 2.83. The Hall–Kier alpha value is -2.88. The Morgan fingerprint density at radius 2 is 1.38 bits per heavy atom. The molecule has 1 aliphatic rings. The SMILES string of the molecule is Cc1ccc(C2=C(Nc3cc(C)cc(C)c3)C(=O)N(C)C2=O)cc1. The Balaban J connectivity index is 2.09. The van der Waals surface area contributed by atoms with Gasteiger partial charge in [-0.1, -0.05) is 35.9 Å². The monoisotopic (exact) mass is 320 g/mol. The molecule has 0 aromatic heterocycles. The van der Waals surface area contributed by atoms with Crippen LogP contribution in [0.15, 0.2) is 48.2 Å². The molecule has 1 aliphatic heterocycles. The number of hydrogen-bond acceptors (Lipinski definition) is 3. The highest BCUT2D eigenvalue weighted by molar-refractivity contribution is 6.36. The smallest absolute Gasteiger partial charge is 0.277 e. The van der Waals surface area contributed by atoms with Gasteiger partial charge >= 0.3 is 0 Å². The molecule has 1 heterocycles. The van der Waals surface area contributed by atoms with Crippen LogP contribution in [-0.2, 0) is 9.59 Å². The number of carbonyl (C=O) groups is 2. The number of amides is 2. The second kappa shape index (κ2) is 5.96. The van der Waals surface area contributed by atoms with Crippen molar-refractivity contribution in [1.82, 2.24) is 4.90 Å². The van der Waals surface area contributed by atoms with Crippen molar-refractivity contribution in [3.8, 4) is 0 Å². The summed E-state index contributed by atoms with van der Waals surface area (Å²) in [5.74, 6) is -0.592. The maximum absolute atomic E-state index is 12.5. The molecular formula is C20H20N2O2. The lowest BCUT2D eigenvalue weighted by atomic mass is 10.0. The van der Waals surface area contributed by atoms with E-state index in [1.165, 1.54) is 7.05 Å². The predicted octanol–water partition coefficient (Wildman–Crippen LogP) is 3.43. The van der Waals surface area contributed by atoms with Gasteiger partial charge in [-0.15, -0.1) is 0 Å². The van der Waals surface area contributed by atoms with Gasteiger partial charge in [0.1, 0.15) is 5.70 Å². The summed E-state index contributed by atoms with van der Waals surface area (Å²) in [6.07, 6.45) is 0. The molecule has 0 atom stereocenters. The molecule has 3 rings (SSSR count). The summed E-state index contributed by atoms with van der Waals surface area (Å²) < 4.78 is 0. The average Bonchev–Trinajstić information content (AvgIpc) is 2.72.